The van der Waals surface area contributed by atoms with Gasteiger partial charge < -0.3 is 9.84 Å². The number of phenols is 1. The minimum absolute atomic E-state index is 0.210. The molecule has 3 aromatic rings. The molecule has 0 saturated carbocycles. The van der Waals surface area contributed by atoms with E-state index >= 15 is 0 Å². The third-order valence-corrected chi connectivity index (χ3v) is 3.88. The van der Waals surface area contributed by atoms with Crippen molar-refractivity contribution in [2.45, 2.75) is 0 Å². The third kappa shape index (κ3) is 3.67. The van der Waals surface area contributed by atoms with Gasteiger partial charge in [-0.2, -0.15) is 5.10 Å². The lowest BCUT2D eigenvalue weighted by molar-refractivity contribution is 0.416. The van der Waals surface area contributed by atoms with Gasteiger partial charge in [-0.3, -0.25) is 5.43 Å². The molecule has 2 aromatic carbocycles. The van der Waals surface area contributed by atoms with Gasteiger partial charge in [0.1, 0.15) is 11.5 Å². The number of phenolic OH excluding ortho intramolecular Hbond substituents is 1. The molecular formula is C17H15N3O2S. The Morgan fingerprint density at radius 2 is 2.09 bits per heavy atom. The highest BCUT2D eigenvalue weighted by Gasteiger charge is 2.08. The van der Waals surface area contributed by atoms with Crippen LogP contribution in [-0.4, -0.2) is 23.4 Å². The molecule has 1 aromatic heterocycles. The maximum Gasteiger partial charge on any atom is 0.203 e. The molecule has 1 heterocycles. The molecule has 0 fully saturated rings. The van der Waals surface area contributed by atoms with Crippen molar-refractivity contribution < 1.29 is 9.84 Å². The maximum absolute atomic E-state index is 9.40. The summed E-state index contributed by atoms with van der Waals surface area (Å²) in [5, 5.41) is 16.2. The number of hydrogen-bond acceptors (Lipinski definition) is 6. The number of nitrogens with zero attached hydrogens (tertiary/aromatic N) is 2. The summed E-state index contributed by atoms with van der Waals surface area (Å²) >= 11 is 1.46. The van der Waals surface area contributed by atoms with E-state index in [2.05, 4.69) is 15.5 Å². The zero-order valence-electron chi connectivity index (χ0n) is 12.4. The highest BCUT2D eigenvalue weighted by molar-refractivity contribution is 7.14. The lowest BCUT2D eigenvalue weighted by Gasteiger charge is -2.04. The molecule has 0 aliphatic carbocycles. The predicted molar refractivity (Wildman–Crippen MR) is 93.4 cm³/mol. The number of hydrogen-bond donors (Lipinski definition) is 2. The standard InChI is InChI=1S/C17H15N3O2S/c1-22-16-8-3-2-7-14(16)15-11-23-17(19-15)20-18-10-12-5-4-6-13(21)9-12/h2-11,21H,1H3,(H,19,20)/b18-10-. The highest BCUT2D eigenvalue weighted by atomic mass is 32.1. The van der Waals surface area contributed by atoms with Crippen LogP contribution < -0.4 is 10.2 Å². The molecule has 2 N–H and O–H groups in total. The van der Waals surface area contributed by atoms with Gasteiger partial charge in [-0.15, -0.1) is 11.3 Å². The van der Waals surface area contributed by atoms with Gasteiger partial charge in [0.15, 0.2) is 0 Å². The fourth-order valence-electron chi connectivity index (χ4n) is 2.07. The number of ether oxygens (including phenoxy) is 1. The summed E-state index contributed by atoms with van der Waals surface area (Å²) in [6, 6.07) is 14.6. The van der Waals surface area contributed by atoms with E-state index in [1.165, 1.54) is 11.3 Å². The first kappa shape index (κ1) is 15.1. The van der Waals surface area contributed by atoms with Crippen LogP contribution in [0.2, 0.25) is 0 Å². The van der Waals surface area contributed by atoms with E-state index in [1.807, 2.05) is 35.7 Å². The van der Waals surface area contributed by atoms with Crippen LogP contribution in [0.5, 0.6) is 11.5 Å². The Balaban J connectivity index is 1.72. The molecule has 6 heteroatoms. The summed E-state index contributed by atoms with van der Waals surface area (Å²) < 4.78 is 5.35. The number of para-hydroxylation sites is 1. The number of methoxy groups -OCH3 is 1. The van der Waals surface area contributed by atoms with Crippen molar-refractivity contribution in [2.75, 3.05) is 12.5 Å². The first-order valence-electron chi connectivity index (χ1n) is 6.93. The second kappa shape index (κ2) is 6.93. The quantitative estimate of drug-likeness (QED) is 0.550. The number of benzene rings is 2. The summed E-state index contributed by atoms with van der Waals surface area (Å²) in [6.45, 7) is 0. The van der Waals surface area contributed by atoms with E-state index in [0.29, 0.717) is 5.13 Å². The topological polar surface area (TPSA) is 66.7 Å². The number of aromatic hydroxyl groups is 1. The van der Waals surface area contributed by atoms with Gasteiger partial charge in [-0.25, -0.2) is 4.98 Å². The summed E-state index contributed by atoms with van der Waals surface area (Å²) in [6.07, 6.45) is 1.63. The van der Waals surface area contributed by atoms with E-state index in [9.17, 15) is 5.11 Å². The van der Waals surface area contributed by atoms with Gasteiger partial charge in [0.05, 0.1) is 19.0 Å². The molecule has 0 bridgehead atoms. The lowest BCUT2D eigenvalue weighted by Crippen LogP contribution is -1.91. The molecule has 0 atom stereocenters. The van der Waals surface area contributed by atoms with Crippen LogP contribution in [0.4, 0.5) is 5.13 Å². The van der Waals surface area contributed by atoms with Gasteiger partial charge in [0, 0.05) is 10.9 Å². The normalized spacial score (nSPS) is 10.8. The second-order valence-electron chi connectivity index (χ2n) is 4.70. The maximum atomic E-state index is 9.40. The van der Waals surface area contributed by atoms with Crippen LogP contribution >= 0.6 is 11.3 Å². The molecule has 116 valence electrons. The zero-order chi connectivity index (χ0) is 16.1. The molecule has 0 aliphatic rings. The van der Waals surface area contributed by atoms with E-state index in [1.54, 1.807) is 31.5 Å². The summed E-state index contributed by atoms with van der Waals surface area (Å²) in [4.78, 5) is 4.50. The number of aromatic nitrogens is 1. The van der Waals surface area contributed by atoms with Crippen molar-refractivity contribution in [3.63, 3.8) is 0 Å². The van der Waals surface area contributed by atoms with Gasteiger partial charge in [0.2, 0.25) is 5.13 Å². The van der Waals surface area contributed by atoms with Crippen LogP contribution in [0.3, 0.4) is 0 Å². The number of rotatable bonds is 5. The van der Waals surface area contributed by atoms with Crippen LogP contribution in [0.1, 0.15) is 5.56 Å². The molecule has 0 radical (unpaired) electrons. The Morgan fingerprint density at radius 3 is 2.91 bits per heavy atom. The van der Waals surface area contributed by atoms with Crippen LogP contribution in [-0.2, 0) is 0 Å². The Kier molecular flexibility index (Phi) is 4.54. The molecule has 0 amide bonds. The van der Waals surface area contributed by atoms with Crippen LogP contribution in [0.25, 0.3) is 11.3 Å². The second-order valence-corrected chi connectivity index (χ2v) is 5.56. The SMILES string of the molecule is COc1ccccc1-c1csc(N/N=C\c2cccc(O)c2)n1. The predicted octanol–water partition coefficient (Wildman–Crippen LogP) is 3.97. The highest BCUT2D eigenvalue weighted by Crippen LogP contribution is 2.31. The minimum atomic E-state index is 0.210. The molecular weight excluding hydrogens is 310 g/mol. The summed E-state index contributed by atoms with van der Waals surface area (Å²) in [5.74, 6) is 0.995. The largest absolute Gasteiger partial charge is 0.508 e. The monoisotopic (exact) mass is 325 g/mol. The van der Waals surface area contributed by atoms with E-state index in [0.717, 1.165) is 22.6 Å². The fraction of sp³-hybridized carbons (Fsp3) is 0.0588. The molecule has 5 nitrogen and oxygen atoms in total. The Morgan fingerprint density at radius 1 is 1.22 bits per heavy atom. The molecule has 0 spiro atoms. The van der Waals surface area contributed by atoms with Crippen LogP contribution in [0, 0.1) is 0 Å². The van der Waals surface area contributed by atoms with Crippen LogP contribution in [0.15, 0.2) is 59.0 Å². The summed E-state index contributed by atoms with van der Waals surface area (Å²) in [5.41, 5.74) is 5.48. The Hall–Kier alpha value is -2.86. The van der Waals surface area contributed by atoms with Gasteiger partial charge in [-0.05, 0) is 29.8 Å². The first-order valence-corrected chi connectivity index (χ1v) is 7.81. The fourth-order valence-corrected chi connectivity index (χ4v) is 2.73. The average molecular weight is 325 g/mol. The van der Waals surface area contributed by atoms with Crippen molar-refractivity contribution in [3.8, 4) is 22.8 Å². The molecule has 3 rings (SSSR count). The number of hydrazone groups is 1. The Bertz CT molecular complexity index is 830. The summed E-state index contributed by atoms with van der Waals surface area (Å²) in [7, 11) is 1.64. The molecule has 0 saturated heterocycles. The Labute approximate surface area is 137 Å². The van der Waals surface area contributed by atoms with Gasteiger partial charge in [-0.1, -0.05) is 24.3 Å². The smallest absolute Gasteiger partial charge is 0.203 e. The van der Waals surface area contributed by atoms with Crippen molar-refractivity contribution in [2.24, 2.45) is 5.10 Å². The minimum Gasteiger partial charge on any atom is -0.508 e. The van der Waals surface area contributed by atoms with Crippen molar-refractivity contribution in [1.29, 1.82) is 0 Å². The van der Waals surface area contributed by atoms with E-state index in [4.69, 9.17) is 4.74 Å². The number of nitrogens with one attached hydrogen (secondary N) is 1. The van der Waals surface area contributed by atoms with E-state index in [-0.39, 0.29) is 5.75 Å². The third-order valence-electron chi connectivity index (χ3n) is 3.13. The van der Waals surface area contributed by atoms with Crippen molar-refractivity contribution in [1.82, 2.24) is 4.98 Å². The van der Waals surface area contributed by atoms with Crippen molar-refractivity contribution in [3.05, 3.63) is 59.5 Å². The van der Waals surface area contributed by atoms with E-state index < -0.39 is 0 Å². The molecule has 0 unspecified atom stereocenters. The van der Waals surface area contributed by atoms with Gasteiger partial charge >= 0.3 is 0 Å². The lowest BCUT2D eigenvalue weighted by atomic mass is 10.1. The number of thiazole rings is 1. The molecule has 23 heavy (non-hydrogen) atoms. The number of anilines is 1. The first-order chi connectivity index (χ1) is 11.3. The molecule has 0 aliphatic heterocycles. The average Bonchev–Trinajstić information content (AvgIpc) is 3.03. The zero-order valence-corrected chi connectivity index (χ0v) is 13.2. The van der Waals surface area contributed by atoms with Gasteiger partial charge in [0.25, 0.3) is 0 Å². The van der Waals surface area contributed by atoms with Crippen molar-refractivity contribution >= 4 is 22.7 Å².